The normalized spacial score (nSPS) is 21.6. The summed E-state index contributed by atoms with van der Waals surface area (Å²) in [5.41, 5.74) is 3.05. The van der Waals surface area contributed by atoms with Gasteiger partial charge in [0.15, 0.2) is 0 Å². The highest BCUT2D eigenvalue weighted by atomic mass is 32.2. The Bertz CT molecular complexity index is 1270. The average Bonchev–Trinajstić information content (AvgIpc) is 3.47. The van der Waals surface area contributed by atoms with Crippen molar-refractivity contribution < 1.29 is 22.7 Å². The number of aromatic nitrogens is 2. The third kappa shape index (κ3) is 4.86. The van der Waals surface area contributed by atoms with Gasteiger partial charge in [-0.3, -0.25) is 14.4 Å². The SMILES string of the molecule is CC(C)OC(=O)N1C[C@H](C)N(C(=O)C2CC2)c2ccc(-c3cnn(CCN4CCCS4(=O)=O)c3)cc21. The van der Waals surface area contributed by atoms with Crippen LogP contribution in [0.1, 0.15) is 40.0 Å². The number of carbonyl (C=O) groups is 2. The Morgan fingerprint density at radius 2 is 1.92 bits per heavy atom. The molecule has 1 saturated heterocycles. The maximum Gasteiger partial charge on any atom is 0.414 e. The van der Waals surface area contributed by atoms with Gasteiger partial charge in [-0.1, -0.05) is 6.07 Å². The molecule has 194 valence electrons. The lowest BCUT2D eigenvalue weighted by molar-refractivity contribution is -0.120. The fourth-order valence-electron chi connectivity index (χ4n) is 4.90. The van der Waals surface area contributed by atoms with Crippen LogP contribution in [-0.2, 0) is 26.1 Å². The first-order chi connectivity index (χ1) is 17.1. The Hall–Kier alpha value is -2.92. The summed E-state index contributed by atoms with van der Waals surface area (Å²) in [5, 5.41) is 4.42. The van der Waals surface area contributed by atoms with Crippen molar-refractivity contribution in [3.05, 3.63) is 30.6 Å². The lowest BCUT2D eigenvalue weighted by Gasteiger charge is -2.41. The van der Waals surface area contributed by atoms with E-state index in [2.05, 4.69) is 5.10 Å². The fraction of sp³-hybridized carbons (Fsp3) is 0.560. The number of ether oxygens (including phenoxy) is 1. The second kappa shape index (κ2) is 9.51. The van der Waals surface area contributed by atoms with Gasteiger partial charge in [-0.25, -0.2) is 17.5 Å². The Balaban J connectivity index is 1.42. The lowest BCUT2D eigenvalue weighted by Crippen LogP contribution is -2.52. The van der Waals surface area contributed by atoms with Crippen LogP contribution < -0.4 is 9.80 Å². The van der Waals surface area contributed by atoms with E-state index in [1.807, 2.05) is 50.1 Å². The van der Waals surface area contributed by atoms with Crippen molar-refractivity contribution in [1.82, 2.24) is 14.1 Å². The maximum absolute atomic E-state index is 13.1. The molecule has 0 radical (unpaired) electrons. The van der Waals surface area contributed by atoms with Gasteiger partial charge in [0.2, 0.25) is 15.9 Å². The number of fused-ring (bicyclic) bond motifs is 1. The molecule has 3 aliphatic rings. The minimum Gasteiger partial charge on any atom is -0.446 e. The van der Waals surface area contributed by atoms with Crippen LogP contribution in [0.15, 0.2) is 30.6 Å². The summed E-state index contributed by atoms with van der Waals surface area (Å²) in [6, 6.07) is 5.57. The third-order valence-electron chi connectivity index (χ3n) is 6.88. The number of rotatable bonds is 6. The summed E-state index contributed by atoms with van der Waals surface area (Å²) in [6.07, 6.45) is 5.39. The van der Waals surface area contributed by atoms with Gasteiger partial charge in [0, 0.05) is 37.3 Å². The minimum absolute atomic E-state index is 0.0618. The van der Waals surface area contributed by atoms with E-state index in [0.29, 0.717) is 44.0 Å². The Morgan fingerprint density at radius 3 is 2.58 bits per heavy atom. The average molecular weight is 516 g/mol. The number of anilines is 2. The smallest absolute Gasteiger partial charge is 0.414 e. The monoisotopic (exact) mass is 515 g/mol. The molecule has 0 N–H and O–H groups in total. The van der Waals surface area contributed by atoms with Crippen LogP contribution >= 0.6 is 0 Å². The largest absolute Gasteiger partial charge is 0.446 e. The van der Waals surface area contributed by atoms with Crippen molar-refractivity contribution >= 4 is 33.4 Å². The molecule has 10 nitrogen and oxygen atoms in total. The van der Waals surface area contributed by atoms with Crippen molar-refractivity contribution in [2.24, 2.45) is 5.92 Å². The Kier molecular flexibility index (Phi) is 6.54. The van der Waals surface area contributed by atoms with Gasteiger partial charge in [-0.15, -0.1) is 0 Å². The molecular formula is C25H33N5O5S. The summed E-state index contributed by atoms with van der Waals surface area (Å²) < 4.78 is 32.9. The first-order valence-electron chi connectivity index (χ1n) is 12.6. The van der Waals surface area contributed by atoms with Gasteiger partial charge in [-0.05, 0) is 57.7 Å². The molecule has 2 fully saturated rings. The summed E-state index contributed by atoms with van der Waals surface area (Å²) >= 11 is 0. The number of sulfonamides is 1. The number of hydrogen-bond donors (Lipinski definition) is 0. The van der Waals surface area contributed by atoms with Crippen LogP contribution in [0.4, 0.5) is 16.2 Å². The third-order valence-corrected chi connectivity index (χ3v) is 8.84. The predicted molar refractivity (Wildman–Crippen MR) is 136 cm³/mol. The summed E-state index contributed by atoms with van der Waals surface area (Å²) in [4.78, 5) is 29.5. The molecule has 11 heteroatoms. The van der Waals surface area contributed by atoms with E-state index in [9.17, 15) is 18.0 Å². The molecule has 1 saturated carbocycles. The predicted octanol–water partition coefficient (Wildman–Crippen LogP) is 3.08. The van der Waals surface area contributed by atoms with E-state index < -0.39 is 16.1 Å². The quantitative estimate of drug-likeness (QED) is 0.586. The summed E-state index contributed by atoms with van der Waals surface area (Å²) in [6.45, 7) is 7.33. The zero-order valence-electron chi connectivity index (χ0n) is 21.0. The fourth-order valence-corrected chi connectivity index (χ4v) is 6.42. The Morgan fingerprint density at radius 1 is 1.14 bits per heavy atom. The van der Waals surface area contributed by atoms with Gasteiger partial charge in [-0.2, -0.15) is 5.10 Å². The van der Waals surface area contributed by atoms with E-state index in [-0.39, 0.29) is 29.7 Å². The number of hydrogen-bond acceptors (Lipinski definition) is 6. The van der Waals surface area contributed by atoms with Crippen LogP contribution in [0.3, 0.4) is 0 Å². The minimum atomic E-state index is -3.14. The van der Waals surface area contributed by atoms with Crippen molar-refractivity contribution in [2.75, 3.05) is 35.2 Å². The Labute approximate surface area is 211 Å². The molecule has 2 aromatic rings. The van der Waals surface area contributed by atoms with E-state index in [1.165, 1.54) is 4.31 Å². The molecule has 3 heterocycles. The van der Waals surface area contributed by atoms with Crippen LogP contribution in [0.5, 0.6) is 0 Å². The van der Waals surface area contributed by atoms with Gasteiger partial charge in [0.05, 0.1) is 42.0 Å². The molecular weight excluding hydrogens is 482 g/mol. The van der Waals surface area contributed by atoms with Crippen molar-refractivity contribution in [2.45, 2.75) is 58.7 Å². The second-order valence-electron chi connectivity index (χ2n) is 10.1. The van der Waals surface area contributed by atoms with Crippen LogP contribution in [0.25, 0.3) is 11.1 Å². The topological polar surface area (TPSA) is 105 Å². The van der Waals surface area contributed by atoms with Crippen molar-refractivity contribution in [1.29, 1.82) is 0 Å². The van der Waals surface area contributed by atoms with Gasteiger partial charge in [0.1, 0.15) is 0 Å². The molecule has 5 rings (SSSR count). The van der Waals surface area contributed by atoms with Crippen molar-refractivity contribution in [3.8, 4) is 11.1 Å². The first kappa shape index (κ1) is 24.8. The highest BCUT2D eigenvalue weighted by Gasteiger charge is 2.41. The number of amides is 2. The zero-order valence-corrected chi connectivity index (χ0v) is 21.8. The number of benzene rings is 1. The van der Waals surface area contributed by atoms with E-state index >= 15 is 0 Å². The molecule has 36 heavy (non-hydrogen) atoms. The molecule has 2 amide bonds. The number of carbonyl (C=O) groups excluding carboxylic acids is 2. The van der Waals surface area contributed by atoms with Crippen molar-refractivity contribution in [3.63, 3.8) is 0 Å². The van der Waals surface area contributed by atoms with Crippen LogP contribution in [0.2, 0.25) is 0 Å². The van der Waals surface area contributed by atoms with Gasteiger partial charge in [0.25, 0.3) is 0 Å². The standard InChI is InChI=1S/C25H33N5O5S/c1-17(2)35-25(32)29-15-18(3)30(24(31)19-5-6-19)22-8-7-20(13-23(22)29)21-14-26-27(16-21)10-11-28-9-4-12-36(28,33)34/h7-8,13-14,16-19H,4-6,9-12,15H2,1-3H3/t18-/m0/s1. The van der Waals surface area contributed by atoms with Gasteiger partial charge >= 0.3 is 6.09 Å². The zero-order chi connectivity index (χ0) is 25.6. The molecule has 1 aromatic carbocycles. The summed E-state index contributed by atoms with van der Waals surface area (Å²) in [7, 11) is -3.14. The van der Waals surface area contributed by atoms with Crippen LogP contribution in [0, 0.1) is 5.92 Å². The molecule has 1 atom stereocenters. The summed E-state index contributed by atoms with van der Waals surface area (Å²) in [5.74, 6) is 0.381. The molecule has 0 unspecified atom stereocenters. The second-order valence-corrected chi connectivity index (χ2v) is 12.2. The van der Waals surface area contributed by atoms with E-state index in [4.69, 9.17) is 4.74 Å². The van der Waals surface area contributed by atoms with E-state index in [0.717, 1.165) is 24.0 Å². The molecule has 0 bridgehead atoms. The van der Waals surface area contributed by atoms with E-state index in [1.54, 1.807) is 15.8 Å². The molecule has 2 aliphatic heterocycles. The van der Waals surface area contributed by atoms with Gasteiger partial charge < -0.3 is 9.64 Å². The molecule has 0 spiro atoms. The number of nitrogens with zero attached hydrogens (tertiary/aromatic N) is 5. The van der Waals surface area contributed by atoms with Crippen LogP contribution in [-0.4, -0.2) is 72.0 Å². The maximum atomic E-state index is 13.1. The first-order valence-corrected chi connectivity index (χ1v) is 14.2. The molecule has 1 aromatic heterocycles. The highest BCUT2D eigenvalue weighted by molar-refractivity contribution is 7.89. The molecule has 1 aliphatic carbocycles. The highest BCUT2D eigenvalue weighted by Crippen LogP contribution is 2.42. The lowest BCUT2D eigenvalue weighted by atomic mass is 10.0.